The largest absolute Gasteiger partial charge is 0.342 e. The van der Waals surface area contributed by atoms with Gasteiger partial charge in [-0.3, -0.25) is 9.59 Å². The van der Waals surface area contributed by atoms with E-state index in [0.717, 1.165) is 31.6 Å². The monoisotopic (exact) mass is 438 g/mol. The van der Waals surface area contributed by atoms with Crippen molar-refractivity contribution in [1.29, 1.82) is 0 Å². The standard InChI is InChI=1S/C25H31FN4O2/c1-17(2)30-14-22(27-16-30)21-13-29(23(31)19-5-3-6-20(26)11-19)15-25(21)9-4-10-28(24(25)32)12-18-7-8-18/h3,5-6,11,14,16-18,21H,4,7-10,12-13,15H2,1-2H3/t21-,25+/m0/s1. The van der Waals surface area contributed by atoms with Crippen molar-refractivity contribution in [2.24, 2.45) is 11.3 Å². The van der Waals surface area contributed by atoms with Crippen molar-refractivity contribution in [2.45, 2.75) is 51.5 Å². The number of nitrogens with zero attached hydrogens (tertiary/aromatic N) is 4. The average molecular weight is 439 g/mol. The normalized spacial score (nSPS) is 25.9. The van der Waals surface area contributed by atoms with Gasteiger partial charge in [0.05, 0.1) is 17.4 Å². The number of imidazole rings is 1. The third kappa shape index (κ3) is 3.71. The Bertz CT molecular complexity index is 1030. The van der Waals surface area contributed by atoms with Gasteiger partial charge in [-0.1, -0.05) is 6.07 Å². The molecule has 2 aliphatic heterocycles. The van der Waals surface area contributed by atoms with E-state index < -0.39 is 11.2 Å². The van der Waals surface area contributed by atoms with Gasteiger partial charge in [0.15, 0.2) is 0 Å². The van der Waals surface area contributed by atoms with Crippen molar-refractivity contribution in [1.82, 2.24) is 19.4 Å². The van der Waals surface area contributed by atoms with E-state index in [9.17, 15) is 14.0 Å². The van der Waals surface area contributed by atoms with Crippen molar-refractivity contribution in [3.63, 3.8) is 0 Å². The van der Waals surface area contributed by atoms with E-state index >= 15 is 0 Å². The predicted octanol–water partition coefficient (Wildman–Crippen LogP) is 3.86. The summed E-state index contributed by atoms with van der Waals surface area (Å²) in [6.07, 6.45) is 7.92. The molecule has 0 unspecified atom stereocenters. The molecule has 32 heavy (non-hydrogen) atoms. The minimum Gasteiger partial charge on any atom is -0.342 e. The van der Waals surface area contributed by atoms with Gasteiger partial charge in [-0.15, -0.1) is 0 Å². The van der Waals surface area contributed by atoms with E-state index in [2.05, 4.69) is 23.4 Å². The number of halogens is 1. The van der Waals surface area contributed by atoms with Crippen molar-refractivity contribution in [3.05, 3.63) is 53.9 Å². The zero-order valence-electron chi connectivity index (χ0n) is 18.8. The van der Waals surface area contributed by atoms with Crippen LogP contribution in [0, 0.1) is 17.2 Å². The van der Waals surface area contributed by atoms with E-state index in [4.69, 9.17) is 0 Å². The SMILES string of the molecule is CC(C)n1cnc([C@@H]2CN(C(=O)c3cccc(F)c3)C[C@]23CCCN(CC2CC2)C3=O)c1. The van der Waals surface area contributed by atoms with Gasteiger partial charge in [-0.2, -0.15) is 0 Å². The summed E-state index contributed by atoms with van der Waals surface area (Å²) in [4.78, 5) is 35.6. The first-order valence-electron chi connectivity index (χ1n) is 11.7. The first-order chi connectivity index (χ1) is 15.4. The van der Waals surface area contributed by atoms with Gasteiger partial charge < -0.3 is 14.4 Å². The molecule has 1 aromatic heterocycles. The van der Waals surface area contributed by atoms with Crippen LogP contribution in [0.3, 0.4) is 0 Å². The lowest BCUT2D eigenvalue weighted by Gasteiger charge is -2.42. The topological polar surface area (TPSA) is 58.4 Å². The van der Waals surface area contributed by atoms with Crippen molar-refractivity contribution >= 4 is 11.8 Å². The highest BCUT2D eigenvalue weighted by Crippen LogP contribution is 2.50. The highest BCUT2D eigenvalue weighted by molar-refractivity contribution is 5.96. The van der Waals surface area contributed by atoms with Crippen molar-refractivity contribution in [3.8, 4) is 0 Å². The number of carbonyl (C=O) groups excluding carboxylic acids is 2. The Kier molecular flexibility index (Phi) is 5.30. The second-order valence-electron chi connectivity index (χ2n) is 10.0. The molecule has 5 rings (SSSR count). The average Bonchev–Trinajstić information content (AvgIpc) is 3.31. The second-order valence-corrected chi connectivity index (χ2v) is 10.0. The maximum absolute atomic E-state index is 13.9. The number of amides is 2. The third-order valence-corrected chi connectivity index (χ3v) is 7.42. The van der Waals surface area contributed by atoms with E-state index in [1.54, 1.807) is 17.0 Å². The molecule has 2 saturated heterocycles. The second kappa shape index (κ2) is 8.01. The first-order valence-corrected chi connectivity index (χ1v) is 11.7. The van der Waals surface area contributed by atoms with Crippen LogP contribution in [0.1, 0.15) is 67.5 Å². The van der Waals surface area contributed by atoms with Crippen LogP contribution in [0.15, 0.2) is 36.8 Å². The molecule has 0 N–H and O–H groups in total. The fourth-order valence-electron chi connectivity index (χ4n) is 5.43. The van der Waals surface area contributed by atoms with Crippen LogP contribution in [0.25, 0.3) is 0 Å². The van der Waals surface area contributed by atoms with Gasteiger partial charge >= 0.3 is 0 Å². The quantitative estimate of drug-likeness (QED) is 0.712. The highest BCUT2D eigenvalue weighted by Gasteiger charge is 2.57. The molecule has 7 heteroatoms. The smallest absolute Gasteiger partial charge is 0.254 e. The van der Waals surface area contributed by atoms with Crippen molar-refractivity contribution in [2.75, 3.05) is 26.2 Å². The number of benzene rings is 1. The van der Waals surface area contributed by atoms with Gasteiger partial charge in [0, 0.05) is 49.9 Å². The van der Waals surface area contributed by atoms with Gasteiger partial charge in [-0.25, -0.2) is 9.37 Å². The van der Waals surface area contributed by atoms with Crippen LogP contribution < -0.4 is 0 Å². The Balaban J connectivity index is 1.49. The summed E-state index contributed by atoms with van der Waals surface area (Å²) in [7, 11) is 0. The number of hydrogen-bond donors (Lipinski definition) is 0. The number of aromatic nitrogens is 2. The summed E-state index contributed by atoms with van der Waals surface area (Å²) in [5.41, 5.74) is 0.535. The Hall–Kier alpha value is -2.70. The van der Waals surface area contributed by atoms with Crippen LogP contribution in [0.5, 0.6) is 0 Å². The van der Waals surface area contributed by atoms with Crippen LogP contribution in [-0.2, 0) is 4.79 Å². The van der Waals surface area contributed by atoms with Crippen LogP contribution >= 0.6 is 0 Å². The molecule has 0 radical (unpaired) electrons. The van der Waals surface area contributed by atoms with E-state index in [1.165, 1.54) is 25.0 Å². The Morgan fingerprint density at radius 2 is 2.12 bits per heavy atom. The van der Waals surface area contributed by atoms with Gasteiger partial charge in [0.2, 0.25) is 5.91 Å². The summed E-state index contributed by atoms with van der Waals surface area (Å²) in [6.45, 7) is 6.60. The summed E-state index contributed by atoms with van der Waals surface area (Å²) in [5, 5.41) is 0. The molecular weight excluding hydrogens is 407 g/mol. The first kappa shape index (κ1) is 21.2. The van der Waals surface area contributed by atoms with Gasteiger partial charge in [0.25, 0.3) is 5.91 Å². The van der Waals surface area contributed by atoms with Gasteiger partial charge in [-0.05, 0) is 63.6 Å². The Labute approximate surface area is 188 Å². The highest BCUT2D eigenvalue weighted by atomic mass is 19.1. The summed E-state index contributed by atoms with van der Waals surface area (Å²) in [6, 6.07) is 6.08. The number of likely N-dealkylation sites (tertiary alicyclic amines) is 2. The zero-order chi connectivity index (χ0) is 22.5. The lowest BCUT2D eigenvalue weighted by Crippen LogP contribution is -2.52. The minimum atomic E-state index is -0.660. The fraction of sp³-hybridized carbons (Fsp3) is 0.560. The van der Waals surface area contributed by atoms with Crippen LogP contribution in [0.4, 0.5) is 4.39 Å². The Morgan fingerprint density at radius 1 is 1.31 bits per heavy atom. The van der Waals surface area contributed by atoms with Gasteiger partial charge in [0.1, 0.15) is 5.82 Å². The maximum Gasteiger partial charge on any atom is 0.254 e. The van der Waals surface area contributed by atoms with E-state index in [-0.39, 0.29) is 23.8 Å². The third-order valence-electron chi connectivity index (χ3n) is 7.42. The molecule has 6 nitrogen and oxygen atoms in total. The number of hydrogen-bond acceptors (Lipinski definition) is 3. The molecular formula is C25H31FN4O2. The molecule has 1 spiro atoms. The lowest BCUT2D eigenvalue weighted by atomic mass is 9.70. The molecule has 1 aromatic carbocycles. The predicted molar refractivity (Wildman–Crippen MR) is 119 cm³/mol. The molecule has 3 heterocycles. The molecule has 2 amide bonds. The molecule has 0 bridgehead atoms. The Morgan fingerprint density at radius 3 is 2.81 bits per heavy atom. The number of rotatable bonds is 5. The molecule has 2 atom stereocenters. The molecule has 170 valence electrons. The number of carbonyl (C=O) groups is 2. The van der Waals surface area contributed by atoms with Crippen LogP contribution in [0.2, 0.25) is 0 Å². The fourth-order valence-corrected chi connectivity index (χ4v) is 5.43. The molecule has 2 aromatic rings. The zero-order valence-corrected chi connectivity index (χ0v) is 18.8. The maximum atomic E-state index is 13.9. The van der Waals surface area contributed by atoms with Crippen LogP contribution in [-0.4, -0.2) is 57.3 Å². The molecule has 3 aliphatic rings. The summed E-state index contributed by atoms with van der Waals surface area (Å²) in [5.74, 6) is -0.0222. The minimum absolute atomic E-state index is 0.158. The summed E-state index contributed by atoms with van der Waals surface area (Å²) < 4.78 is 15.8. The van der Waals surface area contributed by atoms with E-state index in [0.29, 0.717) is 24.6 Å². The van der Waals surface area contributed by atoms with E-state index in [1.807, 2.05) is 17.4 Å². The molecule has 1 aliphatic carbocycles. The molecule has 1 saturated carbocycles. The van der Waals surface area contributed by atoms with Crippen molar-refractivity contribution < 1.29 is 14.0 Å². The lowest BCUT2D eigenvalue weighted by molar-refractivity contribution is -0.146. The number of piperidine rings is 1. The molecule has 3 fully saturated rings. The summed E-state index contributed by atoms with van der Waals surface area (Å²) >= 11 is 0.